The lowest BCUT2D eigenvalue weighted by Gasteiger charge is -2.26. The second-order valence-corrected chi connectivity index (χ2v) is 4.66. The number of amides is 1. The first-order valence-corrected chi connectivity index (χ1v) is 6.09. The second-order valence-electron chi connectivity index (χ2n) is 3.71. The fourth-order valence-corrected chi connectivity index (χ4v) is 2.08. The largest absolute Gasteiger partial charge is 0.335 e. The van der Waals surface area contributed by atoms with Crippen molar-refractivity contribution in [2.75, 3.05) is 13.1 Å². The summed E-state index contributed by atoms with van der Waals surface area (Å²) >= 11 is 1.49. The maximum atomic E-state index is 12.0. The van der Waals surface area contributed by atoms with Gasteiger partial charge in [0.1, 0.15) is 0 Å². The van der Waals surface area contributed by atoms with Crippen molar-refractivity contribution in [1.82, 2.24) is 4.90 Å². The van der Waals surface area contributed by atoms with Crippen LogP contribution in [0.3, 0.4) is 0 Å². The Bertz CT molecular complexity index is 296. The monoisotopic (exact) mass is 226 g/mol. The van der Waals surface area contributed by atoms with Gasteiger partial charge in [-0.1, -0.05) is 6.07 Å². The SMILES string of the molecule is CC(C)N(CCCN)C(=O)c1cccs1. The van der Waals surface area contributed by atoms with Crippen LogP contribution in [0.2, 0.25) is 0 Å². The highest BCUT2D eigenvalue weighted by Gasteiger charge is 2.18. The van der Waals surface area contributed by atoms with Crippen molar-refractivity contribution >= 4 is 17.2 Å². The number of hydrogen-bond donors (Lipinski definition) is 1. The topological polar surface area (TPSA) is 46.3 Å². The molecule has 0 unspecified atom stereocenters. The summed E-state index contributed by atoms with van der Waals surface area (Å²) in [5, 5.41) is 1.93. The molecule has 0 aliphatic heterocycles. The quantitative estimate of drug-likeness (QED) is 0.834. The molecule has 0 bridgehead atoms. The molecule has 2 N–H and O–H groups in total. The maximum Gasteiger partial charge on any atom is 0.264 e. The lowest BCUT2D eigenvalue weighted by atomic mass is 10.2. The summed E-state index contributed by atoms with van der Waals surface area (Å²) in [6.07, 6.45) is 0.856. The zero-order valence-electron chi connectivity index (χ0n) is 9.27. The highest BCUT2D eigenvalue weighted by Crippen LogP contribution is 2.14. The number of carbonyl (C=O) groups is 1. The average molecular weight is 226 g/mol. The third-order valence-electron chi connectivity index (χ3n) is 2.22. The number of thiophene rings is 1. The van der Waals surface area contributed by atoms with Gasteiger partial charge in [-0.2, -0.15) is 0 Å². The summed E-state index contributed by atoms with van der Waals surface area (Å²) in [6, 6.07) is 4.00. The lowest BCUT2D eigenvalue weighted by molar-refractivity contribution is 0.0710. The van der Waals surface area contributed by atoms with Gasteiger partial charge >= 0.3 is 0 Å². The Labute approximate surface area is 94.9 Å². The summed E-state index contributed by atoms with van der Waals surface area (Å²) < 4.78 is 0. The molecule has 4 heteroatoms. The van der Waals surface area contributed by atoms with E-state index in [1.54, 1.807) is 0 Å². The van der Waals surface area contributed by atoms with Crippen molar-refractivity contribution in [2.24, 2.45) is 5.73 Å². The standard InChI is InChI=1S/C11H18N2OS/c1-9(2)13(7-4-6-12)11(14)10-5-3-8-15-10/h3,5,8-9H,4,6-7,12H2,1-2H3. The molecule has 1 aromatic rings. The average Bonchev–Trinajstić information content (AvgIpc) is 2.70. The van der Waals surface area contributed by atoms with Gasteiger partial charge in [-0.3, -0.25) is 4.79 Å². The molecule has 0 fully saturated rings. The Morgan fingerprint density at radius 1 is 1.60 bits per heavy atom. The summed E-state index contributed by atoms with van der Waals surface area (Å²) in [5.74, 6) is 0.119. The van der Waals surface area contributed by atoms with Crippen LogP contribution in [0.5, 0.6) is 0 Å². The summed E-state index contributed by atoms with van der Waals surface area (Å²) in [4.78, 5) is 14.7. The molecular formula is C11H18N2OS. The van der Waals surface area contributed by atoms with Gasteiger partial charge in [0.2, 0.25) is 0 Å². The van der Waals surface area contributed by atoms with Crippen LogP contribution >= 0.6 is 11.3 Å². The van der Waals surface area contributed by atoms with E-state index >= 15 is 0 Å². The van der Waals surface area contributed by atoms with Crippen LogP contribution in [0.15, 0.2) is 17.5 Å². The number of nitrogens with two attached hydrogens (primary N) is 1. The van der Waals surface area contributed by atoms with Gasteiger partial charge in [0.05, 0.1) is 4.88 Å². The van der Waals surface area contributed by atoms with Gasteiger partial charge in [0, 0.05) is 12.6 Å². The Kier molecular flexibility index (Phi) is 4.78. The lowest BCUT2D eigenvalue weighted by Crippen LogP contribution is -2.38. The molecule has 0 radical (unpaired) electrons. The van der Waals surface area contributed by atoms with Gasteiger partial charge < -0.3 is 10.6 Å². The van der Waals surface area contributed by atoms with Crippen LogP contribution in [0.25, 0.3) is 0 Å². The molecule has 0 aliphatic carbocycles. The van der Waals surface area contributed by atoms with Gasteiger partial charge in [-0.15, -0.1) is 11.3 Å². The Balaban J connectivity index is 2.67. The molecule has 0 aromatic carbocycles. The molecule has 1 heterocycles. The third kappa shape index (κ3) is 3.32. The van der Waals surface area contributed by atoms with Crippen LogP contribution in [-0.4, -0.2) is 29.9 Å². The van der Waals surface area contributed by atoms with E-state index in [2.05, 4.69) is 0 Å². The normalized spacial score (nSPS) is 10.7. The van der Waals surface area contributed by atoms with Gasteiger partial charge in [-0.05, 0) is 38.3 Å². The van der Waals surface area contributed by atoms with Crippen LogP contribution < -0.4 is 5.73 Å². The van der Waals surface area contributed by atoms with Crippen molar-refractivity contribution in [3.63, 3.8) is 0 Å². The number of hydrogen-bond acceptors (Lipinski definition) is 3. The summed E-state index contributed by atoms with van der Waals surface area (Å²) in [5.41, 5.74) is 5.46. The third-order valence-corrected chi connectivity index (χ3v) is 3.08. The van der Waals surface area contributed by atoms with Gasteiger partial charge in [0.25, 0.3) is 5.91 Å². The highest BCUT2D eigenvalue weighted by atomic mass is 32.1. The first-order chi connectivity index (χ1) is 7.16. The van der Waals surface area contributed by atoms with Crippen molar-refractivity contribution in [3.05, 3.63) is 22.4 Å². The zero-order valence-corrected chi connectivity index (χ0v) is 10.1. The predicted molar refractivity (Wildman–Crippen MR) is 64.2 cm³/mol. The molecule has 84 valence electrons. The van der Waals surface area contributed by atoms with E-state index < -0.39 is 0 Å². The Hall–Kier alpha value is -0.870. The van der Waals surface area contributed by atoms with Crippen LogP contribution in [0.4, 0.5) is 0 Å². The van der Waals surface area contributed by atoms with Gasteiger partial charge in [-0.25, -0.2) is 0 Å². The van der Waals surface area contributed by atoms with Gasteiger partial charge in [0.15, 0.2) is 0 Å². The summed E-state index contributed by atoms with van der Waals surface area (Å²) in [7, 11) is 0. The van der Waals surface area contributed by atoms with Crippen LogP contribution in [0.1, 0.15) is 29.9 Å². The van der Waals surface area contributed by atoms with E-state index in [1.807, 2.05) is 36.3 Å². The molecule has 0 saturated heterocycles. The fraction of sp³-hybridized carbons (Fsp3) is 0.545. The molecule has 0 spiro atoms. The second kappa shape index (κ2) is 5.88. The van der Waals surface area contributed by atoms with Crippen LogP contribution in [-0.2, 0) is 0 Å². The van der Waals surface area contributed by atoms with Crippen molar-refractivity contribution in [2.45, 2.75) is 26.3 Å². The maximum absolute atomic E-state index is 12.0. The first kappa shape index (κ1) is 12.2. The fourth-order valence-electron chi connectivity index (χ4n) is 1.40. The Morgan fingerprint density at radius 3 is 2.80 bits per heavy atom. The van der Waals surface area contributed by atoms with Crippen molar-refractivity contribution in [3.8, 4) is 0 Å². The zero-order chi connectivity index (χ0) is 11.3. The minimum absolute atomic E-state index is 0.119. The molecule has 0 aliphatic rings. The molecule has 3 nitrogen and oxygen atoms in total. The van der Waals surface area contributed by atoms with E-state index in [9.17, 15) is 4.79 Å². The van der Waals surface area contributed by atoms with E-state index in [-0.39, 0.29) is 11.9 Å². The number of rotatable bonds is 5. The van der Waals surface area contributed by atoms with E-state index in [0.717, 1.165) is 17.8 Å². The molecule has 15 heavy (non-hydrogen) atoms. The summed E-state index contributed by atoms with van der Waals surface area (Å²) in [6.45, 7) is 5.43. The van der Waals surface area contributed by atoms with E-state index in [1.165, 1.54) is 11.3 Å². The molecule has 0 atom stereocenters. The number of carbonyl (C=O) groups excluding carboxylic acids is 1. The van der Waals surface area contributed by atoms with E-state index in [4.69, 9.17) is 5.73 Å². The smallest absolute Gasteiger partial charge is 0.264 e. The molecular weight excluding hydrogens is 208 g/mol. The predicted octanol–water partition coefficient (Wildman–Crippen LogP) is 1.95. The number of nitrogens with zero attached hydrogens (tertiary/aromatic N) is 1. The molecule has 1 amide bonds. The van der Waals surface area contributed by atoms with Crippen LogP contribution in [0, 0.1) is 0 Å². The minimum Gasteiger partial charge on any atom is -0.335 e. The van der Waals surface area contributed by atoms with Crippen molar-refractivity contribution in [1.29, 1.82) is 0 Å². The first-order valence-electron chi connectivity index (χ1n) is 5.21. The molecule has 1 aromatic heterocycles. The minimum atomic E-state index is 0.119. The van der Waals surface area contributed by atoms with Crippen molar-refractivity contribution < 1.29 is 4.79 Å². The van der Waals surface area contributed by atoms with E-state index in [0.29, 0.717) is 6.54 Å². The highest BCUT2D eigenvalue weighted by molar-refractivity contribution is 7.12. The molecule has 1 rings (SSSR count). The molecule has 0 saturated carbocycles. The Morgan fingerprint density at radius 2 is 2.33 bits per heavy atom.